The summed E-state index contributed by atoms with van der Waals surface area (Å²) in [6.07, 6.45) is 0. The molecule has 0 spiro atoms. The SMILES string of the molecule is Nc1ccc(S(=O)(=O)N2CCNCC2)c2ccccc12. The lowest BCUT2D eigenvalue weighted by molar-refractivity contribution is 0.360. The molecule has 0 aliphatic carbocycles. The van der Waals surface area contributed by atoms with Crippen LogP contribution in [0.5, 0.6) is 0 Å². The number of nitrogens with zero attached hydrogens (tertiary/aromatic N) is 1. The highest BCUT2D eigenvalue weighted by Crippen LogP contribution is 2.29. The zero-order chi connectivity index (χ0) is 14.2. The van der Waals surface area contributed by atoms with E-state index in [1.165, 1.54) is 4.31 Å². The van der Waals surface area contributed by atoms with Crippen LogP contribution in [0.4, 0.5) is 5.69 Å². The Morgan fingerprint density at radius 1 is 1.00 bits per heavy atom. The minimum absolute atomic E-state index is 0.337. The van der Waals surface area contributed by atoms with Crippen LogP contribution >= 0.6 is 0 Å². The molecule has 2 aromatic carbocycles. The van der Waals surface area contributed by atoms with Gasteiger partial charge in [0.2, 0.25) is 10.0 Å². The zero-order valence-corrected chi connectivity index (χ0v) is 11.9. The first-order chi connectivity index (χ1) is 9.60. The van der Waals surface area contributed by atoms with E-state index >= 15 is 0 Å². The average Bonchev–Trinajstić information content (AvgIpc) is 2.48. The van der Waals surface area contributed by atoms with Crippen LogP contribution in [0.15, 0.2) is 41.3 Å². The van der Waals surface area contributed by atoms with Crippen molar-refractivity contribution in [2.75, 3.05) is 31.9 Å². The Labute approximate surface area is 118 Å². The maximum atomic E-state index is 12.8. The van der Waals surface area contributed by atoms with Crippen molar-refractivity contribution in [3.05, 3.63) is 36.4 Å². The molecule has 1 aliphatic rings. The molecule has 0 saturated carbocycles. The van der Waals surface area contributed by atoms with E-state index in [1.54, 1.807) is 18.2 Å². The van der Waals surface area contributed by atoms with Gasteiger partial charge in [-0.05, 0) is 12.1 Å². The van der Waals surface area contributed by atoms with Crippen molar-refractivity contribution in [3.8, 4) is 0 Å². The molecule has 0 amide bonds. The number of fused-ring (bicyclic) bond motifs is 1. The third-order valence-corrected chi connectivity index (χ3v) is 5.57. The summed E-state index contributed by atoms with van der Waals surface area (Å²) in [5, 5.41) is 4.63. The molecular weight excluding hydrogens is 274 g/mol. The normalized spacial score (nSPS) is 17.4. The van der Waals surface area contributed by atoms with Crippen molar-refractivity contribution < 1.29 is 8.42 Å². The smallest absolute Gasteiger partial charge is 0.243 e. The first-order valence-electron chi connectivity index (χ1n) is 6.59. The van der Waals surface area contributed by atoms with Crippen LogP contribution < -0.4 is 11.1 Å². The van der Waals surface area contributed by atoms with E-state index in [0.717, 1.165) is 5.39 Å². The molecule has 1 aliphatic heterocycles. The second kappa shape index (κ2) is 5.05. The molecule has 0 aromatic heterocycles. The lowest BCUT2D eigenvalue weighted by Crippen LogP contribution is -2.46. The largest absolute Gasteiger partial charge is 0.398 e. The summed E-state index contributed by atoms with van der Waals surface area (Å²) in [6, 6.07) is 10.6. The molecule has 1 fully saturated rings. The summed E-state index contributed by atoms with van der Waals surface area (Å²) in [6.45, 7) is 2.38. The molecule has 3 N–H and O–H groups in total. The molecule has 0 radical (unpaired) electrons. The quantitative estimate of drug-likeness (QED) is 0.810. The van der Waals surface area contributed by atoms with Crippen LogP contribution in [0.25, 0.3) is 10.8 Å². The Kier molecular flexibility index (Phi) is 3.37. The van der Waals surface area contributed by atoms with Gasteiger partial charge in [0.1, 0.15) is 0 Å². The number of anilines is 1. The van der Waals surface area contributed by atoms with Crippen LogP contribution in [0, 0.1) is 0 Å². The van der Waals surface area contributed by atoms with E-state index in [0.29, 0.717) is 42.1 Å². The van der Waals surface area contributed by atoms with Gasteiger partial charge in [-0.15, -0.1) is 0 Å². The van der Waals surface area contributed by atoms with Crippen molar-refractivity contribution >= 4 is 26.5 Å². The van der Waals surface area contributed by atoms with Gasteiger partial charge in [-0.2, -0.15) is 4.31 Å². The Hall–Kier alpha value is -1.63. The van der Waals surface area contributed by atoms with Crippen molar-refractivity contribution in [1.82, 2.24) is 9.62 Å². The van der Waals surface area contributed by atoms with Gasteiger partial charge in [0.25, 0.3) is 0 Å². The maximum absolute atomic E-state index is 12.8. The summed E-state index contributed by atoms with van der Waals surface area (Å²) in [4.78, 5) is 0.337. The van der Waals surface area contributed by atoms with Crippen molar-refractivity contribution in [3.63, 3.8) is 0 Å². The minimum Gasteiger partial charge on any atom is -0.398 e. The molecule has 20 heavy (non-hydrogen) atoms. The third-order valence-electron chi connectivity index (χ3n) is 3.61. The highest BCUT2D eigenvalue weighted by molar-refractivity contribution is 7.89. The monoisotopic (exact) mass is 291 g/mol. The van der Waals surface area contributed by atoms with Gasteiger partial charge in [-0.1, -0.05) is 24.3 Å². The number of benzene rings is 2. The minimum atomic E-state index is -3.47. The standard InChI is InChI=1S/C14H17N3O2S/c15-13-5-6-14(12-4-2-1-3-11(12)13)20(18,19)17-9-7-16-8-10-17/h1-6,16H,7-10,15H2. The fraction of sp³-hybridized carbons (Fsp3) is 0.286. The van der Waals surface area contributed by atoms with E-state index < -0.39 is 10.0 Å². The Morgan fingerprint density at radius 2 is 1.65 bits per heavy atom. The number of sulfonamides is 1. The van der Waals surface area contributed by atoms with Gasteiger partial charge in [0.15, 0.2) is 0 Å². The van der Waals surface area contributed by atoms with E-state index in [2.05, 4.69) is 5.32 Å². The van der Waals surface area contributed by atoms with Crippen molar-refractivity contribution in [1.29, 1.82) is 0 Å². The highest BCUT2D eigenvalue weighted by atomic mass is 32.2. The average molecular weight is 291 g/mol. The number of hydrogen-bond donors (Lipinski definition) is 2. The van der Waals surface area contributed by atoms with Gasteiger partial charge >= 0.3 is 0 Å². The Bertz CT molecular complexity index is 737. The van der Waals surface area contributed by atoms with Crippen LogP contribution in [-0.2, 0) is 10.0 Å². The van der Waals surface area contributed by atoms with Crippen LogP contribution in [-0.4, -0.2) is 38.9 Å². The summed E-state index contributed by atoms with van der Waals surface area (Å²) in [5.41, 5.74) is 6.53. The lowest BCUT2D eigenvalue weighted by atomic mass is 10.1. The topological polar surface area (TPSA) is 75.4 Å². The molecule has 0 unspecified atom stereocenters. The van der Waals surface area contributed by atoms with Gasteiger partial charge < -0.3 is 11.1 Å². The summed E-state index contributed by atoms with van der Waals surface area (Å²) >= 11 is 0. The predicted molar refractivity (Wildman–Crippen MR) is 80.0 cm³/mol. The third kappa shape index (κ3) is 2.15. The summed E-state index contributed by atoms with van der Waals surface area (Å²) in [7, 11) is -3.47. The molecule has 6 heteroatoms. The van der Waals surface area contributed by atoms with E-state index in [-0.39, 0.29) is 0 Å². The molecule has 3 rings (SSSR count). The fourth-order valence-corrected chi connectivity index (χ4v) is 4.18. The molecule has 1 heterocycles. The molecule has 106 valence electrons. The van der Waals surface area contributed by atoms with Gasteiger partial charge in [0, 0.05) is 42.6 Å². The first-order valence-corrected chi connectivity index (χ1v) is 8.03. The number of piperazine rings is 1. The highest BCUT2D eigenvalue weighted by Gasteiger charge is 2.27. The molecule has 5 nitrogen and oxygen atoms in total. The number of hydrogen-bond acceptors (Lipinski definition) is 4. The molecular formula is C14H17N3O2S. The van der Waals surface area contributed by atoms with Gasteiger partial charge in [0.05, 0.1) is 4.90 Å². The maximum Gasteiger partial charge on any atom is 0.243 e. The zero-order valence-electron chi connectivity index (χ0n) is 11.0. The summed E-state index contributed by atoms with van der Waals surface area (Å²) in [5.74, 6) is 0. The predicted octanol–water partition coefficient (Wildman–Crippen LogP) is 1.02. The molecule has 2 aromatic rings. The number of nitrogens with two attached hydrogens (primary N) is 1. The van der Waals surface area contributed by atoms with Crippen LogP contribution in [0.1, 0.15) is 0 Å². The lowest BCUT2D eigenvalue weighted by Gasteiger charge is -2.27. The van der Waals surface area contributed by atoms with E-state index in [1.807, 2.05) is 18.2 Å². The number of nitrogens with one attached hydrogen (secondary N) is 1. The second-order valence-electron chi connectivity index (χ2n) is 4.85. The Morgan fingerprint density at radius 3 is 2.35 bits per heavy atom. The Balaban J connectivity index is 2.16. The molecule has 0 bridgehead atoms. The summed E-state index contributed by atoms with van der Waals surface area (Å²) < 4.78 is 27.1. The van der Waals surface area contributed by atoms with E-state index in [4.69, 9.17) is 5.73 Å². The number of nitrogen functional groups attached to an aromatic ring is 1. The van der Waals surface area contributed by atoms with Crippen LogP contribution in [0.2, 0.25) is 0 Å². The first kappa shape index (κ1) is 13.4. The van der Waals surface area contributed by atoms with Crippen molar-refractivity contribution in [2.24, 2.45) is 0 Å². The fourth-order valence-electron chi connectivity index (χ4n) is 2.54. The van der Waals surface area contributed by atoms with Gasteiger partial charge in [-0.25, -0.2) is 8.42 Å². The number of rotatable bonds is 2. The van der Waals surface area contributed by atoms with Crippen molar-refractivity contribution in [2.45, 2.75) is 4.90 Å². The second-order valence-corrected chi connectivity index (χ2v) is 6.76. The van der Waals surface area contributed by atoms with Crippen LogP contribution in [0.3, 0.4) is 0 Å². The van der Waals surface area contributed by atoms with Gasteiger partial charge in [-0.3, -0.25) is 0 Å². The molecule has 1 saturated heterocycles. The molecule has 0 atom stereocenters. The van der Waals surface area contributed by atoms with E-state index in [9.17, 15) is 8.42 Å².